The Balaban J connectivity index is 0.000000177. The SMILES string of the molecule is CN(C)CC1COC2(CCNC2)O1.NC(=O)OCc1ccccc1. The Morgan fingerprint density at radius 3 is 2.75 bits per heavy atom. The van der Waals surface area contributed by atoms with Crippen LogP contribution in [-0.4, -0.2) is 63.2 Å². The zero-order chi connectivity index (χ0) is 17.4. The summed E-state index contributed by atoms with van der Waals surface area (Å²) in [6, 6.07) is 9.37. The molecule has 0 radical (unpaired) electrons. The van der Waals surface area contributed by atoms with E-state index in [1.54, 1.807) is 0 Å². The summed E-state index contributed by atoms with van der Waals surface area (Å²) in [5.41, 5.74) is 5.72. The summed E-state index contributed by atoms with van der Waals surface area (Å²) in [6.45, 7) is 3.78. The van der Waals surface area contributed by atoms with Crippen LogP contribution >= 0.6 is 0 Å². The molecule has 2 heterocycles. The van der Waals surface area contributed by atoms with Crippen LogP contribution in [-0.2, 0) is 20.8 Å². The highest BCUT2D eigenvalue weighted by Gasteiger charge is 2.43. The van der Waals surface area contributed by atoms with E-state index in [9.17, 15) is 4.79 Å². The van der Waals surface area contributed by atoms with Gasteiger partial charge in [0.25, 0.3) is 0 Å². The molecule has 24 heavy (non-hydrogen) atoms. The largest absolute Gasteiger partial charge is 0.445 e. The van der Waals surface area contributed by atoms with Crippen molar-refractivity contribution in [3.8, 4) is 0 Å². The first-order valence-corrected chi connectivity index (χ1v) is 8.12. The topological polar surface area (TPSA) is 86.0 Å². The van der Waals surface area contributed by atoms with Gasteiger partial charge in [-0.05, 0) is 19.7 Å². The van der Waals surface area contributed by atoms with Crippen molar-refractivity contribution in [1.82, 2.24) is 10.2 Å². The van der Waals surface area contributed by atoms with Gasteiger partial charge >= 0.3 is 6.09 Å². The van der Waals surface area contributed by atoms with E-state index in [2.05, 4.69) is 29.0 Å². The van der Waals surface area contributed by atoms with E-state index in [4.69, 9.17) is 15.2 Å². The van der Waals surface area contributed by atoms with Gasteiger partial charge in [0, 0.05) is 26.1 Å². The number of ether oxygens (including phenoxy) is 3. The lowest BCUT2D eigenvalue weighted by Crippen LogP contribution is -2.35. The number of benzene rings is 1. The normalized spacial score (nSPS) is 25.5. The monoisotopic (exact) mass is 337 g/mol. The summed E-state index contributed by atoms with van der Waals surface area (Å²) in [5, 5.41) is 3.27. The Hall–Kier alpha value is -1.67. The van der Waals surface area contributed by atoms with Gasteiger partial charge in [-0.3, -0.25) is 0 Å². The molecule has 2 aliphatic heterocycles. The number of carbonyl (C=O) groups excluding carboxylic acids is 1. The van der Waals surface area contributed by atoms with Crippen molar-refractivity contribution < 1.29 is 19.0 Å². The highest BCUT2D eigenvalue weighted by atomic mass is 16.7. The standard InChI is InChI=1S/C9H18N2O2.C8H9NO2/c1-11(2)5-8-6-12-9(13-8)3-4-10-7-9;9-8(10)11-6-7-4-2-1-3-5-7/h8,10H,3-7H2,1-2H3;1-5H,6H2,(H2,9,10). The van der Waals surface area contributed by atoms with Crippen molar-refractivity contribution in [2.24, 2.45) is 5.73 Å². The molecule has 7 nitrogen and oxygen atoms in total. The van der Waals surface area contributed by atoms with Gasteiger partial charge in [0.1, 0.15) is 6.61 Å². The predicted molar refractivity (Wildman–Crippen MR) is 90.4 cm³/mol. The summed E-state index contributed by atoms with van der Waals surface area (Å²) in [4.78, 5) is 12.3. The average molecular weight is 337 g/mol. The number of nitrogens with two attached hydrogens (primary N) is 1. The Morgan fingerprint density at radius 1 is 1.42 bits per heavy atom. The van der Waals surface area contributed by atoms with Gasteiger partial charge in [0.2, 0.25) is 0 Å². The summed E-state index contributed by atoms with van der Waals surface area (Å²) < 4.78 is 16.2. The van der Waals surface area contributed by atoms with E-state index in [1.165, 1.54) is 0 Å². The van der Waals surface area contributed by atoms with E-state index in [0.717, 1.165) is 38.2 Å². The van der Waals surface area contributed by atoms with Crippen LogP contribution in [0.4, 0.5) is 4.79 Å². The number of amides is 1. The Labute approximate surface area is 143 Å². The zero-order valence-electron chi connectivity index (χ0n) is 14.4. The lowest BCUT2D eigenvalue weighted by atomic mass is 10.2. The smallest absolute Gasteiger partial charge is 0.404 e. The Bertz CT molecular complexity index is 504. The van der Waals surface area contributed by atoms with Gasteiger partial charge < -0.3 is 30.2 Å². The second-order valence-electron chi connectivity index (χ2n) is 6.24. The van der Waals surface area contributed by atoms with E-state index in [0.29, 0.717) is 0 Å². The number of likely N-dealkylation sites (N-methyl/N-ethyl adjacent to an activating group) is 1. The fourth-order valence-corrected chi connectivity index (χ4v) is 2.71. The molecular formula is C17H27N3O4. The van der Waals surface area contributed by atoms with Gasteiger partial charge in [-0.2, -0.15) is 0 Å². The van der Waals surface area contributed by atoms with Crippen molar-refractivity contribution in [2.45, 2.75) is 24.9 Å². The summed E-state index contributed by atoms with van der Waals surface area (Å²) in [5.74, 6) is -0.291. The molecule has 0 bridgehead atoms. The predicted octanol–water partition coefficient (Wildman–Crippen LogP) is 0.935. The highest BCUT2D eigenvalue weighted by Crippen LogP contribution is 2.29. The maximum absolute atomic E-state index is 10.2. The lowest BCUT2D eigenvalue weighted by molar-refractivity contribution is -0.152. The lowest BCUT2D eigenvalue weighted by Gasteiger charge is -2.22. The molecule has 3 N–H and O–H groups in total. The van der Waals surface area contributed by atoms with Crippen LogP contribution in [0.5, 0.6) is 0 Å². The van der Waals surface area contributed by atoms with Gasteiger partial charge in [-0.1, -0.05) is 30.3 Å². The number of rotatable bonds is 4. The summed E-state index contributed by atoms with van der Waals surface area (Å²) in [7, 11) is 4.11. The van der Waals surface area contributed by atoms with Crippen molar-refractivity contribution in [2.75, 3.05) is 40.3 Å². The molecule has 0 aromatic heterocycles. The van der Waals surface area contributed by atoms with Crippen LogP contribution in [0.25, 0.3) is 0 Å². The van der Waals surface area contributed by atoms with Gasteiger partial charge in [-0.25, -0.2) is 4.79 Å². The van der Waals surface area contributed by atoms with Crippen LogP contribution in [0.2, 0.25) is 0 Å². The summed E-state index contributed by atoms with van der Waals surface area (Å²) in [6.07, 6.45) is 0.487. The van der Waals surface area contributed by atoms with E-state index < -0.39 is 6.09 Å². The third-order valence-corrected chi connectivity index (χ3v) is 3.78. The van der Waals surface area contributed by atoms with Gasteiger partial charge in [-0.15, -0.1) is 0 Å². The number of hydrogen-bond acceptors (Lipinski definition) is 6. The molecule has 0 saturated carbocycles. The van der Waals surface area contributed by atoms with Crippen LogP contribution in [0.3, 0.4) is 0 Å². The quantitative estimate of drug-likeness (QED) is 0.850. The Morgan fingerprint density at radius 2 is 2.17 bits per heavy atom. The Kier molecular flexibility index (Phi) is 6.99. The molecule has 1 spiro atoms. The van der Waals surface area contributed by atoms with Crippen molar-refractivity contribution >= 4 is 6.09 Å². The van der Waals surface area contributed by atoms with Gasteiger partial charge in [0.05, 0.1) is 12.7 Å². The third-order valence-electron chi connectivity index (χ3n) is 3.78. The molecule has 2 aliphatic rings. The molecule has 7 heteroatoms. The van der Waals surface area contributed by atoms with Gasteiger partial charge in [0.15, 0.2) is 5.79 Å². The second kappa shape index (κ2) is 8.98. The van der Waals surface area contributed by atoms with Crippen LogP contribution in [0.1, 0.15) is 12.0 Å². The number of hydrogen-bond donors (Lipinski definition) is 2. The van der Waals surface area contributed by atoms with Crippen LogP contribution in [0.15, 0.2) is 30.3 Å². The molecule has 2 fully saturated rings. The maximum Gasteiger partial charge on any atom is 0.404 e. The van der Waals surface area contributed by atoms with E-state index >= 15 is 0 Å². The molecule has 1 aromatic rings. The minimum Gasteiger partial charge on any atom is -0.445 e. The molecule has 134 valence electrons. The van der Waals surface area contributed by atoms with E-state index in [-0.39, 0.29) is 18.5 Å². The number of carbonyl (C=O) groups is 1. The fraction of sp³-hybridized carbons (Fsp3) is 0.588. The number of nitrogens with zero attached hydrogens (tertiary/aromatic N) is 1. The molecular weight excluding hydrogens is 310 g/mol. The average Bonchev–Trinajstić information content (AvgIpc) is 3.17. The van der Waals surface area contributed by atoms with Crippen molar-refractivity contribution in [1.29, 1.82) is 0 Å². The molecule has 3 rings (SSSR count). The minimum absolute atomic E-state index is 0.245. The zero-order valence-corrected chi connectivity index (χ0v) is 14.4. The highest BCUT2D eigenvalue weighted by molar-refractivity contribution is 5.64. The van der Waals surface area contributed by atoms with E-state index in [1.807, 2.05) is 30.3 Å². The third kappa shape index (κ3) is 6.09. The number of nitrogens with one attached hydrogen (secondary N) is 1. The molecule has 1 amide bonds. The molecule has 2 saturated heterocycles. The van der Waals surface area contributed by atoms with Crippen molar-refractivity contribution in [3.63, 3.8) is 0 Å². The molecule has 2 unspecified atom stereocenters. The van der Waals surface area contributed by atoms with Crippen LogP contribution < -0.4 is 11.1 Å². The maximum atomic E-state index is 10.2. The molecule has 2 atom stereocenters. The second-order valence-corrected chi connectivity index (χ2v) is 6.24. The number of primary amides is 1. The first kappa shape index (κ1) is 18.7. The summed E-state index contributed by atoms with van der Waals surface area (Å²) >= 11 is 0. The fourth-order valence-electron chi connectivity index (χ4n) is 2.71. The molecule has 1 aromatic carbocycles. The van der Waals surface area contributed by atoms with Crippen molar-refractivity contribution in [3.05, 3.63) is 35.9 Å². The first-order valence-electron chi connectivity index (χ1n) is 8.12. The van der Waals surface area contributed by atoms with Crippen LogP contribution in [0, 0.1) is 0 Å². The molecule has 0 aliphatic carbocycles. The first-order chi connectivity index (χ1) is 11.5. The minimum atomic E-state index is -0.742.